The summed E-state index contributed by atoms with van der Waals surface area (Å²) in [5, 5.41) is 1.10. The van der Waals surface area contributed by atoms with Crippen LogP contribution in [-0.2, 0) is 17.6 Å². The van der Waals surface area contributed by atoms with Gasteiger partial charge in [0.1, 0.15) is 5.75 Å². The number of methoxy groups -OCH3 is 1. The molecule has 0 spiro atoms. The molecular formula is C12H18N2O2. The summed E-state index contributed by atoms with van der Waals surface area (Å²) in [6.45, 7) is 2.07. The smallest absolute Gasteiger partial charge is 0.240 e. The first-order valence-electron chi connectivity index (χ1n) is 5.25. The van der Waals surface area contributed by atoms with Crippen molar-refractivity contribution in [2.24, 2.45) is 5.84 Å². The van der Waals surface area contributed by atoms with Gasteiger partial charge in [-0.2, -0.15) is 0 Å². The third-order valence-corrected chi connectivity index (χ3v) is 2.49. The fraction of sp³-hybridized carbons (Fsp3) is 0.417. The molecule has 4 heteroatoms. The normalized spacial score (nSPS) is 10.0. The van der Waals surface area contributed by atoms with E-state index in [2.05, 4.69) is 6.92 Å². The highest BCUT2D eigenvalue weighted by Crippen LogP contribution is 2.21. The van der Waals surface area contributed by atoms with Crippen molar-refractivity contribution in [1.29, 1.82) is 0 Å². The monoisotopic (exact) mass is 222 g/mol. The predicted molar refractivity (Wildman–Crippen MR) is 63.0 cm³/mol. The number of hydrogen-bond acceptors (Lipinski definition) is 3. The zero-order valence-electron chi connectivity index (χ0n) is 9.99. The van der Waals surface area contributed by atoms with Crippen molar-refractivity contribution in [2.75, 3.05) is 14.2 Å². The first-order valence-corrected chi connectivity index (χ1v) is 5.25. The third kappa shape index (κ3) is 2.97. The van der Waals surface area contributed by atoms with Gasteiger partial charge in [-0.3, -0.25) is 9.80 Å². The Labute approximate surface area is 96.0 Å². The lowest BCUT2D eigenvalue weighted by Crippen LogP contribution is -2.34. The van der Waals surface area contributed by atoms with Crippen molar-refractivity contribution in [2.45, 2.75) is 19.8 Å². The molecular weight excluding hydrogens is 204 g/mol. The Kier molecular flexibility index (Phi) is 4.31. The van der Waals surface area contributed by atoms with Crippen molar-refractivity contribution in [1.82, 2.24) is 5.01 Å². The maximum Gasteiger partial charge on any atom is 0.240 e. The molecule has 0 heterocycles. The number of ether oxygens (including phenoxy) is 1. The Balaban J connectivity index is 2.95. The number of rotatable bonds is 4. The van der Waals surface area contributed by atoms with Gasteiger partial charge >= 0.3 is 0 Å². The van der Waals surface area contributed by atoms with Gasteiger partial charge in [-0.25, -0.2) is 5.84 Å². The molecule has 0 aliphatic rings. The standard InChI is InChI=1S/C12H18N2O2/c1-4-9-5-6-11(16-3)10(7-9)8-12(15)14(2)13/h5-7H,4,8,13H2,1-3H3. The summed E-state index contributed by atoms with van der Waals surface area (Å²) in [6.07, 6.45) is 1.20. The van der Waals surface area contributed by atoms with Crippen LogP contribution in [0, 0.1) is 0 Å². The van der Waals surface area contributed by atoms with Gasteiger partial charge in [0, 0.05) is 12.6 Å². The van der Waals surface area contributed by atoms with Crippen molar-refractivity contribution >= 4 is 5.91 Å². The van der Waals surface area contributed by atoms with Crippen LogP contribution in [0.15, 0.2) is 18.2 Å². The van der Waals surface area contributed by atoms with E-state index >= 15 is 0 Å². The molecule has 0 fully saturated rings. The Morgan fingerprint density at radius 3 is 2.69 bits per heavy atom. The van der Waals surface area contributed by atoms with E-state index in [0.717, 1.165) is 22.7 Å². The van der Waals surface area contributed by atoms with Crippen molar-refractivity contribution in [3.8, 4) is 5.75 Å². The topological polar surface area (TPSA) is 55.6 Å². The Morgan fingerprint density at radius 2 is 2.19 bits per heavy atom. The maximum atomic E-state index is 11.5. The zero-order chi connectivity index (χ0) is 12.1. The van der Waals surface area contributed by atoms with E-state index in [9.17, 15) is 4.79 Å². The molecule has 4 nitrogen and oxygen atoms in total. The summed E-state index contributed by atoms with van der Waals surface area (Å²) in [5.74, 6) is 5.99. The number of likely N-dealkylation sites (N-methyl/N-ethyl adjacent to an activating group) is 1. The minimum absolute atomic E-state index is 0.133. The van der Waals surface area contributed by atoms with Crippen LogP contribution in [0.25, 0.3) is 0 Å². The molecule has 1 aromatic carbocycles. The first-order chi connectivity index (χ1) is 7.58. The van der Waals surface area contributed by atoms with Gasteiger partial charge in [-0.1, -0.05) is 19.1 Å². The SMILES string of the molecule is CCc1ccc(OC)c(CC(=O)N(C)N)c1. The average molecular weight is 222 g/mol. The van der Waals surface area contributed by atoms with E-state index in [1.807, 2.05) is 18.2 Å². The summed E-state index contributed by atoms with van der Waals surface area (Å²) < 4.78 is 5.21. The van der Waals surface area contributed by atoms with Crippen LogP contribution in [-0.4, -0.2) is 25.1 Å². The van der Waals surface area contributed by atoms with Gasteiger partial charge in [0.25, 0.3) is 0 Å². The van der Waals surface area contributed by atoms with Gasteiger partial charge < -0.3 is 4.74 Å². The first kappa shape index (κ1) is 12.5. The summed E-state index contributed by atoms with van der Waals surface area (Å²) >= 11 is 0. The number of nitrogens with zero attached hydrogens (tertiary/aromatic N) is 1. The van der Waals surface area contributed by atoms with E-state index in [4.69, 9.17) is 10.6 Å². The van der Waals surface area contributed by atoms with Crippen molar-refractivity contribution < 1.29 is 9.53 Å². The quantitative estimate of drug-likeness (QED) is 0.472. The fourth-order valence-electron chi connectivity index (χ4n) is 1.48. The molecule has 0 radical (unpaired) electrons. The summed E-state index contributed by atoms with van der Waals surface area (Å²) in [5.41, 5.74) is 2.06. The molecule has 0 atom stereocenters. The molecule has 0 saturated carbocycles. The van der Waals surface area contributed by atoms with Gasteiger partial charge in [-0.05, 0) is 18.1 Å². The minimum atomic E-state index is -0.133. The van der Waals surface area contributed by atoms with E-state index in [-0.39, 0.29) is 12.3 Å². The lowest BCUT2D eigenvalue weighted by atomic mass is 10.0. The largest absolute Gasteiger partial charge is 0.496 e. The summed E-state index contributed by atoms with van der Waals surface area (Å²) in [7, 11) is 3.14. The number of amides is 1. The molecule has 2 N–H and O–H groups in total. The van der Waals surface area contributed by atoms with Gasteiger partial charge in [0.05, 0.1) is 13.5 Å². The summed E-state index contributed by atoms with van der Waals surface area (Å²) in [6, 6.07) is 5.87. The average Bonchev–Trinajstić information content (AvgIpc) is 2.28. The lowest BCUT2D eigenvalue weighted by molar-refractivity contribution is -0.129. The second kappa shape index (κ2) is 5.51. The number of hydrazine groups is 1. The summed E-state index contributed by atoms with van der Waals surface area (Å²) in [4.78, 5) is 11.5. The number of hydrogen-bond donors (Lipinski definition) is 1. The second-order valence-corrected chi connectivity index (χ2v) is 3.68. The molecule has 0 bridgehead atoms. The molecule has 1 rings (SSSR count). The fourth-order valence-corrected chi connectivity index (χ4v) is 1.48. The van der Waals surface area contributed by atoms with E-state index < -0.39 is 0 Å². The van der Waals surface area contributed by atoms with Gasteiger partial charge in [0.2, 0.25) is 5.91 Å². The molecule has 0 aromatic heterocycles. The maximum absolute atomic E-state index is 11.5. The van der Waals surface area contributed by atoms with Crippen molar-refractivity contribution in [3.63, 3.8) is 0 Å². The molecule has 0 aliphatic carbocycles. The number of aryl methyl sites for hydroxylation is 1. The molecule has 1 aromatic rings. The molecule has 16 heavy (non-hydrogen) atoms. The van der Waals surface area contributed by atoms with Gasteiger partial charge in [-0.15, -0.1) is 0 Å². The van der Waals surface area contributed by atoms with E-state index in [1.165, 1.54) is 5.56 Å². The Bertz CT molecular complexity index is 375. The number of carbonyl (C=O) groups excluding carboxylic acids is 1. The van der Waals surface area contributed by atoms with Crippen LogP contribution in [0.5, 0.6) is 5.75 Å². The highest BCUT2D eigenvalue weighted by molar-refractivity contribution is 5.78. The van der Waals surface area contributed by atoms with Crippen LogP contribution < -0.4 is 10.6 Å². The van der Waals surface area contributed by atoms with Crippen molar-refractivity contribution in [3.05, 3.63) is 29.3 Å². The van der Waals surface area contributed by atoms with Crippen LogP contribution in [0.4, 0.5) is 0 Å². The highest BCUT2D eigenvalue weighted by atomic mass is 16.5. The second-order valence-electron chi connectivity index (χ2n) is 3.68. The zero-order valence-corrected chi connectivity index (χ0v) is 9.99. The van der Waals surface area contributed by atoms with Crippen LogP contribution in [0.2, 0.25) is 0 Å². The van der Waals surface area contributed by atoms with Gasteiger partial charge in [0.15, 0.2) is 0 Å². The molecule has 1 amide bonds. The van der Waals surface area contributed by atoms with E-state index in [1.54, 1.807) is 14.2 Å². The Morgan fingerprint density at radius 1 is 1.50 bits per heavy atom. The van der Waals surface area contributed by atoms with Crippen LogP contribution >= 0.6 is 0 Å². The van der Waals surface area contributed by atoms with Crippen LogP contribution in [0.3, 0.4) is 0 Å². The van der Waals surface area contributed by atoms with E-state index in [0.29, 0.717) is 0 Å². The third-order valence-electron chi connectivity index (χ3n) is 2.49. The van der Waals surface area contributed by atoms with Crippen LogP contribution in [0.1, 0.15) is 18.1 Å². The molecule has 0 aliphatic heterocycles. The Hall–Kier alpha value is -1.55. The minimum Gasteiger partial charge on any atom is -0.496 e. The molecule has 0 saturated heterocycles. The number of carbonyl (C=O) groups is 1. The molecule has 0 unspecified atom stereocenters. The predicted octanol–water partition coefficient (Wildman–Crippen LogP) is 1.13. The number of benzene rings is 1. The molecule has 88 valence electrons. The highest BCUT2D eigenvalue weighted by Gasteiger charge is 2.11. The lowest BCUT2D eigenvalue weighted by Gasteiger charge is -2.13. The number of nitrogens with two attached hydrogens (primary N) is 1.